The largest absolute Gasteiger partial charge is 0.507 e. The van der Waals surface area contributed by atoms with Crippen molar-refractivity contribution in [2.24, 2.45) is 0 Å². The van der Waals surface area contributed by atoms with Crippen molar-refractivity contribution < 1.29 is 9.50 Å². The Kier molecular flexibility index (Phi) is 12.9. The first kappa shape index (κ1) is 49.6. The third kappa shape index (κ3) is 10.1. The fourth-order valence-corrected chi connectivity index (χ4v) is 8.71. The number of pyridine rings is 1. The highest BCUT2D eigenvalue weighted by atomic mass is 19.1. The maximum absolute atomic E-state index is 14.6. The van der Waals surface area contributed by atoms with Gasteiger partial charge in [-0.1, -0.05) is 147 Å². The molecule has 0 unspecified atom stereocenters. The first-order valence-electron chi connectivity index (χ1n) is 24.0. The van der Waals surface area contributed by atoms with Gasteiger partial charge in [0.15, 0.2) is 0 Å². The zero-order valence-electron chi connectivity index (χ0n) is 43.8. The van der Waals surface area contributed by atoms with E-state index in [1.54, 1.807) is 6.07 Å². The van der Waals surface area contributed by atoms with Crippen LogP contribution < -0.4 is 4.90 Å². The SMILES string of the molecule is C=C/C(=C(\C)N(C)c1cc(C(C)(C)C)cc(C(C)(C)C)c1)c1ccnc(-c2cc(-c3cccc4c3nc(-c3ccc(F)cc3O)n4-c3cc(C(C)(C)C)cc(C(C)(C)C)c3)cc(C(C)(C)C)c2)c1. The Morgan fingerprint density at radius 2 is 1.15 bits per heavy atom. The zero-order chi connectivity index (χ0) is 50.1. The van der Waals surface area contributed by atoms with Crippen LogP contribution in [0.2, 0.25) is 0 Å². The predicted molar refractivity (Wildman–Crippen MR) is 288 cm³/mol. The lowest BCUT2D eigenvalue weighted by Crippen LogP contribution is -2.21. The van der Waals surface area contributed by atoms with Crippen LogP contribution in [0.4, 0.5) is 10.1 Å². The van der Waals surface area contributed by atoms with E-state index in [1.165, 1.54) is 28.3 Å². The van der Waals surface area contributed by atoms with E-state index in [2.05, 4.69) is 219 Å². The monoisotopic (exact) mass is 909 g/mol. The van der Waals surface area contributed by atoms with E-state index in [4.69, 9.17) is 9.97 Å². The van der Waals surface area contributed by atoms with Crippen molar-refractivity contribution in [2.45, 2.75) is 138 Å². The summed E-state index contributed by atoms with van der Waals surface area (Å²) in [5.74, 6) is -0.153. The molecule has 0 aliphatic carbocycles. The van der Waals surface area contributed by atoms with Gasteiger partial charge in [-0.25, -0.2) is 9.37 Å². The summed E-state index contributed by atoms with van der Waals surface area (Å²) in [5.41, 5.74) is 16.7. The summed E-state index contributed by atoms with van der Waals surface area (Å²) in [6.45, 7) is 40.2. The van der Waals surface area contributed by atoms with Gasteiger partial charge in [0.25, 0.3) is 0 Å². The van der Waals surface area contributed by atoms with Crippen molar-refractivity contribution in [1.29, 1.82) is 0 Å². The minimum absolute atomic E-state index is 0.0101. The molecule has 0 aliphatic heterocycles. The molecule has 2 heterocycles. The molecule has 1 N–H and O–H groups in total. The molecule has 0 amide bonds. The molecule has 0 spiro atoms. The Labute approximate surface area is 406 Å². The highest BCUT2D eigenvalue weighted by Gasteiger charge is 2.27. The number of benzene rings is 5. The van der Waals surface area contributed by atoms with Gasteiger partial charge in [-0.3, -0.25) is 9.55 Å². The molecule has 0 saturated carbocycles. The van der Waals surface area contributed by atoms with Gasteiger partial charge >= 0.3 is 0 Å². The van der Waals surface area contributed by atoms with Gasteiger partial charge in [0.1, 0.15) is 17.4 Å². The minimum atomic E-state index is -0.512. The molecular weight excluding hydrogens is 836 g/mol. The molecule has 7 rings (SSSR count). The van der Waals surface area contributed by atoms with Crippen LogP contribution in [0.5, 0.6) is 5.75 Å². The summed E-state index contributed by atoms with van der Waals surface area (Å²) in [4.78, 5) is 12.7. The lowest BCUT2D eigenvalue weighted by molar-refractivity contribution is 0.470. The molecule has 0 bridgehead atoms. The lowest BCUT2D eigenvalue weighted by atomic mass is 9.80. The number of hydrogen-bond acceptors (Lipinski definition) is 4. The van der Waals surface area contributed by atoms with Gasteiger partial charge < -0.3 is 10.0 Å². The van der Waals surface area contributed by atoms with Crippen LogP contribution in [0.15, 0.2) is 128 Å². The van der Waals surface area contributed by atoms with Crippen LogP contribution in [-0.4, -0.2) is 26.7 Å². The molecule has 5 aromatic carbocycles. The van der Waals surface area contributed by atoms with Crippen molar-refractivity contribution in [3.8, 4) is 45.2 Å². The molecular formula is C62H73FN4O. The van der Waals surface area contributed by atoms with Crippen molar-refractivity contribution >= 4 is 22.3 Å². The molecule has 5 nitrogen and oxygen atoms in total. The van der Waals surface area contributed by atoms with Crippen LogP contribution in [0.1, 0.15) is 144 Å². The van der Waals surface area contributed by atoms with E-state index in [-0.39, 0.29) is 32.8 Å². The number of phenolic OH excluding ortho intramolecular Hbond substituents is 1. The minimum Gasteiger partial charge on any atom is -0.507 e. The lowest BCUT2D eigenvalue weighted by Gasteiger charge is -2.30. The van der Waals surface area contributed by atoms with E-state index in [0.29, 0.717) is 11.4 Å². The van der Waals surface area contributed by atoms with Gasteiger partial charge in [-0.15, -0.1) is 0 Å². The fraction of sp³-hybridized carbons (Fsp3) is 0.355. The number of aromatic nitrogens is 3. The van der Waals surface area contributed by atoms with Crippen molar-refractivity contribution in [3.05, 3.63) is 167 Å². The van der Waals surface area contributed by atoms with Crippen molar-refractivity contribution in [2.75, 3.05) is 11.9 Å². The first-order valence-corrected chi connectivity index (χ1v) is 24.0. The van der Waals surface area contributed by atoms with E-state index in [1.807, 2.05) is 12.3 Å². The average molecular weight is 909 g/mol. The predicted octanol–water partition coefficient (Wildman–Crippen LogP) is 16.8. The summed E-state index contributed by atoms with van der Waals surface area (Å²) < 4.78 is 16.7. The van der Waals surface area contributed by atoms with Crippen LogP contribution in [0.25, 0.3) is 56.1 Å². The van der Waals surface area contributed by atoms with E-state index in [9.17, 15) is 9.50 Å². The molecule has 0 radical (unpaired) electrons. The normalized spacial score (nSPS) is 13.2. The fourth-order valence-electron chi connectivity index (χ4n) is 8.71. The number of hydrogen-bond donors (Lipinski definition) is 1. The van der Waals surface area contributed by atoms with Crippen LogP contribution in [0, 0.1) is 5.82 Å². The van der Waals surface area contributed by atoms with Crippen molar-refractivity contribution in [1.82, 2.24) is 14.5 Å². The van der Waals surface area contributed by atoms with Gasteiger partial charge in [-0.05, 0) is 140 Å². The Morgan fingerprint density at radius 1 is 0.618 bits per heavy atom. The second-order valence-corrected chi connectivity index (χ2v) is 23.9. The molecule has 354 valence electrons. The standard InChI is InChI=1S/C62H73FN4O/c1-19-50(38(2)66(18)48-33-43(59(6,7)8)31-44(34-48)60(9,10)11)39-25-26-64-53(30-39)41-27-40(28-42(29-41)58(3,4)5)51-21-20-22-54-56(51)65-57(52-24-23-47(63)37-55(52)68)67(54)49-35-45(61(12,13)14)32-46(36-49)62(15,16)17/h19-37,68H,1H2,2-18H3/b50-38-. The topological polar surface area (TPSA) is 54.2 Å². The average Bonchev–Trinajstić information content (AvgIpc) is 3.64. The van der Waals surface area contributed by atoms with Crippen LogP contribution in [-0.2, 0) is 27.1 Å². The number of halogens is 1. The number of anilines is 1. The van der Waals surface area contributed by atoms with E-state index >= 15 is 0 Å². The van der Waals surface area contributed by atoms with Gasteiger partial charge in [0.05, 0.1) is 22.3 Å². The molecule has 0 atom stereocenters. The van der Waals surface area contributed by atoms with Gasteiger partial charge in [0.2, 0.25) is 0 Å². The van der Waals surface area contributed by atoms with E-state index in [0.717, 1.165) is 73.3 Å². The molecule has 0 aliphatic rings. The molecule has 0 saturated heterocycles. The second-order valence-electron chi connectivity index (χ2n) is 23.9. The van der Waals surface area contributed by atoms with Crippen LogP contribution in [0.3, 0.4) is 0 Å². The van der Waals surface area contributed by atoms with Gasteiger partial charge in [-0.2, -0.15) is 0 Å². The molecule has 2 aromatic heterocycles. The number of aromatic hydroxyl groups is 1. The maximum atomic E-state index is 14.6. The number of phenols is 1. The van der Waals surface area contributed by atoms with Crippen molar-refractivity contribution in [3.63, 3.8) is 0 Å². The van der Waals surface area contributed by atoms with Crippen LogP contribution >= 0.6 is 0 Å². The molecule has 0 fully saturated rings. The Morgan fingerprint density at radius 3 is 1.68 bits per heavy atom. The number of rotatable bonds is 8. The number of imidazole rings is 1. The third-order valence-electron chi connectivity index (χ3n) is 13.4. The third-order valence-corrected chi connectivity index (χ3v) is 13.4. The summed E-state index contributed by atoms with van der Waals surface area (Å²) >= 11 is 0. The summed E-state index contributed by atoms with van der Waals surface area (Å²) in [5, 5.41) is 11.4. The summed E-state index contributed by atoms with van der Waals surface area (Å²) in [7, 11) is 2.14. The van der Waals surface area contributed by atoms with Gasteiger partial charge in [0, 0.05) is 53.1 Å². The zero-order valence-corrected chi connectivity index (χ0v) is 43.8. The Bertz CT molecular complexity index is 3030. The Balaban J connectivity index is 1.43. The maximum Gasteiger partial charge on any atom is 0.149 e. The summed E-state index contributed by atoms with van der Waals surface area (Å²) in [6, 6.07) is 35.1. The highest BCUT2D eigenvalue weighted by molar-refractivity contribution is 5.97. The molecule has 7 aromatic rings. The Hall–Kier alpha value is -6.27. The smallest absolute Gasteiger partial charge is 0.149 e. The number of nitrogens with zero attached hydrogens (tertiary/aromatic N) is 4. The number of fused-ring (bicyclic) bond motifs is 1. The molecule has 68 heavy (non-hydrogen) atoms. The molecule has 6 heteroatoms. The quantitative estimate of drug-likeness (QED) is 0.154. The highest BCUT2D eigenvalue weighted by Crippen LogP contribution is 2.42. The first-order chi connectivity index (χ1) is 31.4. The van der Waals surface area contributed by atoms with E-state index < -0.39 is 5.82 Å². The summed E-state index contributed by atoms with van der Waals surface area (Å²) in [6.07, 6.45) is 3.85. The number of allylic oxidation sites excluding steroid dienone is 3. The number of para-hydroxylation sites is 1. The second kappa shape index (κ2) is 17.7.